The predicted octanol–water partition coefficient (Wildman–Crippen LogP) is 2.39. The van der Waals surface area contributed by atoms with Gasteiger partial charge in [0, 0.05) is 17.8 Å². The van der Waals surface area contributed by atoms with Crippen molar-refractivity contribution in [3.8, 4) is 11.5 Å². The van der Waals surface area contributed by atoms with Crippen LogP contribution in [0.4, 0.5) is 20.2 Å². The summed E-state index contributed by atoms with van der Waals surface area (Å²) in [5.41, 5.74) is 0.121. The fourth-order valence-electron chi connectivity index (χ4n) is 2.28. The van der Waals surface area contributed by atoms with E-state index in [2.05, 4.69) is 5.32 Å². The molecule has 2 aromatic rings. The molecule has 0 unspecified atom stereocenters. The average Bonchev–Trinajstić information content (AvgIpc) is 2.61. The molecular formula is C17H18F2N2O5S. The molecule has 0 aliphatic rings. The molecule has 27 heavy (non-hydrogen) atoms. The summed E-state index contributed by atoms with van der Waals surface area (Å²) in [6.45, 7) is -0.597. The van der Waals surface area contributed by atoms with Crippen LogP contribution in [0.15, 0.2) is 36.4 Å². The van der Waals surface area contributed by atoms with Crippen LogP contribution in [0.5, 0.6) is 11.5 Å². The molecule has 0 aliphatic carbocycles. The Balaban J connectivity index is 2.30. The molecule has 0 fully saturated rings. The number of anilines is 2. The van der Waals surface area contributed by atoms with E-state index >= 15 is 0 Å². The first-order valence-corrected chi connectivity index (χ1v) is 9.45. The van der Waals surface area contributed by atoms with Gasteiger partial charge in [-0.25, -0.2) is 17.2 Å². The number of nitrogens with one attached hydrogen (secondary N) is 1. The van der Waals surface area contributed by atoms with Crippen molar-refractivity contribution in [2.75, 3.05) is 36.6 Å². The maximum atomic E-state index is 13.3. The lowest BCUT2D eigenvalue weighted by molar-refractivity contribution is -0.114. The van der Waals surface area contributed by atoms with Crippen molar-refractivity contribution in [3.05, 3.63) is 48.0 Å². The number of carbonyl (C=O) groups excluding carboxylic acids is 1. The molecule has 0 saturated heterocycles. The molecule has 2 aromatic carbocycles. The van der Waals surface area contributed by atoms with Crippen molar-refractivity contribution < 1.29 is 31.5 Å². The first kappa shape index (κ1) is 20.4. The van der Waals surface area contributed by atoms with Crippen molar-refractivity contribution >= 4 is 27.3 Å². The van der Waals surface area contributed by atoms with Gasteiger partial charge in [0.15, 0.2) is 11.6 Å². The predicted molar refractivity (Wildman–Crippen MR) is 96.7 cm³/mol. The fourth-order valence-corrected chi connectivity index (χ4v) is 3.14. The minimum Gasteiger partial charge on any atom is -0.497 e. The Bertz CT molecular complexity index is 950. The Morgan fingerprint density at radius 1 is 1.07 bits per heavy atom. The zero-order valence-corrected chi connectivity index (χ0v) is 15.6. The van der Waals surface area contributed by atoms with Crippen LogP contribution >= 0.6 is 0 Å². The quantitative estimate of drug-likeness (QED) is 0.772. The van der Waals surface area contributed by atoms with E-state index in [1.165, 1.54) is 32.4 Å². The second-order valence-corrected chi connectivity index (χ2v) is 7.39. The molecule has 0 saturated carbocycles. The number of benzene rings is 2. The number of hydrogen-bond donors (Lipinski definition) is 1. The number of sulfonamides is 1. The number of hydrogen-bond acceptors (Lipinski definition) is 5. The summed E-state index contributed by atoms with van der Waals surface area (Å²) in [6, 6.07) is 7.24. The monoisotopic (exact) mass is 400 g/mol. The second kappa shape index (κ2) is 8.21. The van der Waals surface area contributed by atoms with Gasteiger partial charge < -0.3 is 14.8 Å². The molecule has 2 rings (SSSR count). The summed E-state index contributed by atoms with van der Waals surface area (Å²) in [7, 11) is -1.06. The highest BCUT2D eigenvalue weighted by molar-refractivity contribution is 7.92. The van der Waals surface area contributed by atoms with Crippen LogP contribution in [0, 0.1) is 11.6 Å². The van der Waals surface area contributed by atoms with E-state index in [1.807, 2.05) is 0 Å². The molecule has 0 aromatic heterocycles. The number of halogens is 2. The zero-order valence-electron chi connectivity index (χ0n) is 14.8. The summed E-state index contributed by atoms with van der Waals surface area (Å²) in [4.78, 5) is 12.3. The summed E-state index contributed by atoms with van der Waals surface area (Å²) in [5, 5.41) is 2.33. The Morgan fingerprint density at radius 2 is 1.78 bits per heavy atom. The molecule has 0 radical (unpaired) electrons. The molecule has 0 bridgehead atoms. The third kappa shape index (κ3) is 5.07. The Hall–Kier alpha value is -2.88. The molecule has 1 N–H and O–H groups in total. The molecule has 0 heterocycles. The second-order valence-electron chi connectivity index (χ2n) is 5.48. The third-order valence-corrected chi connectivity index (χ3v) is 4.67. The highest BCUT2D eigenvalue weighted by Gasteiger charge is 2.24. The van der Waals surface area contributed by atoms with E-state index < -0.39 is 34.1 Å². The molecule has 10 heteroatoms. The molecule has 1 amide bonds. The number of amides is 1. The zero-order chi connectivity index (χ0) is 20.2. The van der Waals surface area contributed by atoms with E-state index in [4.69, 9.17) is 9.47 Å². The lowest BCUT2D eigenvalue weighted by atomic mass is 10.2. The summed E-state index contributed by atoms with van der Waals surface area (Å²) in [6.07, 6.45) is 0.932. The lowest BCUT2D eigenvalue weighted by Crippen LogP contribution is -2.37. The van der Waals surface area contributed by atoms with Gasteiger partial charge in [-0.05, 0) is 24.3 Å². The van der Waals surface area contributed by atoms with E-state index in [9.17, 15) is 22.0 Å². The molecule has 146 valence electrons. The number of rotatable bonds is 7. The fraction of sp³-hybridized carbons (Fsp3) is 0.235. The van der Waals surface area contributed by atoms with Gasteiger partial charge in [-0.3, -0.25) is 9.10 Å². The summed E-state index contributed by atoms with van der Waals surface area (Å²) >= 11 is 0. The Morgan fingerprint density at radius 3 is 2.33 bits per heavy atom. The van der Waals surface area contributed by atoms with Gasteiger partial charge in [0.25, 0.3) is 0 Å². The van der Waals surface area contributed by atoms with E-state index in [0.29, 0.717) is 5.75 Å². The first-order chi connectivity index (χ1) is 12.7. The van der Waals surface area contributed by atoms with Gasteiger partial charge in [0.1, 0.15) is 18.0 Å². The number of carbonyl (C=O) groups is 1. The first-order valence-electron chi connectivity index (χ1n) is 7.60. The van der Waals surface area contributed by atoms with E-state index in [1.54, 1.807) is 0 Å². The normalized spacial score (nSPS) is 11.0. The van der Waals surface area contributed by atoms with Gasteiger partial charge in [-0.2, -0.15) is 0 Å². The van der Waals surface area contributed by atoms with Crippen molar-refractivity contribution in [3.63, 3.8) is 0 Å². The van der Waals surface area contributed by atoms with Gasteiger partial charge in [-0.15, -0.1) is 0 Å². The molecule has 0 aliphatic heterocycles. The molecule has 0 spiro atoms. The number of methoxy groups -OCH3 is 2. The Labute approximate surface area is 155 Å². The van der Waals surface area contributed by atoms with Crippen LogP contribution in [-0.4, -0.2) is 41.3 Å². The minimum absolute atomic E-state index is 0.00551. The third-order valence-electron chi connectivity index (χ3n) is 3.55. The van der Waals surface area contributed by atoms with Crippen molar-refractivity contribution in [2.45, 2.75) is 0 Å². The van der Waals surface area contributed by atoms with Crippen LogP contribution in [-0.2, 0) is 14.8 Å². The summed E-state index contributed by atoms with van der Waals surface area (Å²) in [5.74, 6) is -2.32. The maximum Gasteiger partial charge on any atom is 0.245 e. The van der Waals surface area contributed by atoms with Crippen LogP contribution < -0.4 is 19.1 Å². The van der Waals surface area contributed by atoms with E-state index in [0.717, 1.165) is 28.8 Å². The highest BCUT2D eigenvalue weighted by Crippen LogP contribution is 2.33. The SMILES string of the molecule is COc1ccc(N(CC(=O)Nc2ccc(F)c(F)c2)S(C)(=O)=O)c(OC)c1. The standard InChI is InChI=1S/C17H18F2N2O5S/c1-25-12-5-7-15(16(9-12)26-2)21(27(3,23)24)10-17(22)20-11-4-6-13(18)14(19)8-11/h4-9H,10H2,1-3H3,(H,20,22). The van der Waals surface area contributed by atoms with Crippen LogP contribution in [0.2, 0.25) is 0 Å². The topological polar surface area (TPSA) is 84.9 Å². The van der Waals surface area contributed by atoms with Crippen molar-refractivity contribution in [2.24, 2.45) is 0 Å². The van der Waals surface area contributed by atoms with Crippen molar-refractivity contribution in [1.82, 2.24) is 0 Å². The van der Waals surface area contributed by atoms with E-state index in [-0.39, 0.29) is 17.1 Å². The van der Waals surface area contributed by atoms with Crippen molar-refractivity contribution in [1.29, 1.82) is 0 Å². The Kier molecular flexibility index (Phi) is 6.21. The number of nitrogens with zero attached hydrogens (tertiary/aromatic N) is 1. The largest absolute Gasteiger partial charge is 0.497 e. The lowest BCUT2D eigenvalue weighted by Gasteiger charge is -2.24. The van der Waals surface area contributed by atoms with Gasteiger partial charge in [-0.1, -0.05) is 0 Å². The smallest absolute Gasteiger partial charge is 0.245 e. The van der Waals surface area contributed by atoms with Crippen LogP contribution in [0.25, 0.3) is 0 Å². The van der Waals surface area contributed by atoms with Gasteiger partial charge in [0.05, 0.1) is 26.2 Å². The average molecular weight is 400 g/mol. The summed E-state index contributed by atoms with van der Waals surface area (Å²) < 4.78 is 61.7. The van der Waals surface area contributed by atoms with Crippen LogP contribution in [0.3, 0.4) is 0 Å². The molecule has 0 atom stereocenters. The number of ether oxygens (including phenoxy) is 2. The van der Waals surface area contributed by atoms with Gasteiger partial charge >= 0.3 is 0 Å². The highest BCUT2D eigenvalue weighted by atomic mass is 32.2. The maximum absolute atomic E-state index is 13.3. The molecule has 7 nitrogen and oxygen atoms in total. The van der Waals surface area contributed by atoms with Gasteiger partial charge in [0.2, 0.25) is 15.9 Å². The molecular weight excluding hydrogens is 382 g/mol. The van der Waals surface area contributed by atoms with Crippen LogP contribution in [0.1, 0.15) is 0 Å². The minimum atomic E-state index is -3.85.